The van der Waals surface area contributed by atoms with Gasteiger partial charge in [-0.2, -0.15) is 0 Å². The number of furan rings is 1. The van der Waals surface area contributed by atoms with Gasteiger partial charge in [-0.3, -0.25) is 14.4 Å². The minimum absolute atomic E-state index is 0.156. The Labute approximate surface area is 127 Å². The number of Topliss-reactive ketones (excluding diaryl/α,β-unsaturated/α-hetero) is 1. The lowest BCUT2D eigenvalue weighted by molar-refractivity contribution is -0.116. The molecule has 0 bridgehead atoms. The van der Waals surface area contributed by atoms with Crippen molar-refractivity contribution >= 4 is 17.6 Å². The van der Waals surface area contributed by atoms with Gasteiger partial charge >= 0.3 is 0 Å². The van der Waals surface area contributed by atoms with E-state index in [-0.39, 0.29) is 24.8 Å². The van der Waals surface area contributed by atoms with Gasteiger partial charge in [0, 0.05) is 18.7 Å². The summed E-state index contributed by atoms with van der Waals surface area (Å²) in [6.45, 7) is 2.26. The Bertz CT molecular complexity index is 660. The van der Waals surface area contributed by atoms with E-state index in [0.29, 0.717) is 5.56 Å². The molecule has 1 heterocycles. The fourth-order valence-electron chi connectivity index (χ4n) is 1.76. The molecule has 1 aromatic heterocycles. The van der Waals surface area contributed by atoms with E-state index in [1.807, 2.05) is 6.92 Å². The normalized spacial score (nSPS) is 10.0. The number of carbonyl (C=O) groups excluding carboxylic acids is 3. The van der Waals surface area contributed by atoms with Crippen molar-refractivity contribution in [1.29, 1.82) is 0 Å². The monoisotopic (exact) mass is 300 g/mol. The maximum absolute atomic E-state index is 11.9. The number of ketones is 1. The molecule has 0 fully saturated rings. The van der Waals surface area contributed by atoms with Crippen molar-refractivity contribution < 1.29 is 18.8 Å². The van der Waals surface area contributed by atoms with Gasteiger partial charge in [0.1, 0.15) is 0 Å². The van der Waals surface area contributed by atoms with Gasteiger partial charge in [-0.1, -0.05) is 29.8 Å². The second kappa shape index (κ2) is 7.21. The molecule has 0 saturated heterocycles. The Hall–Kier alpha value is -2.89. The Balaban J connectivity index is 1.74. The average Bonchev–Trinajstić information content (AvgIpc) is 3.05. The highest BCUT2D eigenvalue weighted by atomic mass is 16.3. The van der Waals surface area contributed by atoms with Crippen LogP contribution in [0.25, 0.3) is 0 Å². The van der Waals surface area contributed by atoms with Gasteiger partial charge in [-0.25, -0.2) is 0 Å². The molecule has 0 radical (unpaired) electrons. The summed E-state index contributed by atoms with van der Waals surface area (Å²) in [6, 6.07) is 9.89. The summed E-state index contributed by atoms with van der Waals surface area (Å²) < 4.78 is 4.93. The molecule has 1 aromatic carbocycles. The standard InChI is InChI=1S/C16H16N2O4/c1-11-4-6-12(7-5-11)14(19)16(21)18-9-8-17-15(20)13-3-2-10-22-13/h2-7,10H,8-9H2,1H3,(H,17,20)(H,18,21). The first-order chi connectivity index (χ1) is 10.6. The van der Waals surface area contributed by atoms with Crippen molar-refractivity contribution in [1.82, 2.24) is 10.6 Å². The first-order valence-corrected chi connectivity index (χ1v) is 6.79. The van der Waals surface area contributed by atoms with Gasteiger partial charge < -0.3 is 15.1 Å². The van der Waals surface area contributed by atoms with Crippen LogP contribution in [-0.4, -0.2) is 30.7 Å². The Morgan fingerprint density at radius 1 is 1.00 bits per heavy atom. The van der Waals surface area contributed by atoms with Crippen LogP contribution in [0.4, 0.5) is 0 Å². The number of rotatable bonds is 6. The van der Waals surface area contributed by atoms with Gasteiger partial charge in [0.15, 0.2) is 5.76 Å². The molecular weight excluding hydrogens is 284 g/mol. The van der Waals surface area contributed by atoms with E-state index in [1.165, 1.54) is 12.3 Å². The molecule has 6 nitrogen and oxygen atoms in total. The summed E-state index contributed by atoms with van der Waals surface area (Å²) in [7, 11) is 0. The summed E-state index contributed by atoms with van der Waals surface area (Å²) in [5.74, 6) is -1.47. The summed E-state index contributed by atoms with van der Waals surface area (Å²) in [5.41, 5.74) is 1.35. The summed E-state index contributed by atoms with van der Waals surface area (Å²) in [6.07, 6.45) is 1.40. The molecule has 0 aliphatic carbocycles. The fraction of sp³-hybridized carbons (Fsp3) is 0.188. The topological polar surface area (TPSA) is 88.4 Å². The molecular formula is C16H16N2O4. The van der Waals surface area contributed by atoms with E-state index in [2.05, 4.69) is 10.6 Å². The second-order valence-electron chi connectivity index (χ2n) is 4.68. The molecule has 2 amide bonds. The van der Waals surface area contributed by atoms with E-state index in [0.717, 1.165) is 5.56 Å². The highest BCUT2D eigenvalue weighted by Gasteiger charge is 2.15. The van der Waals surface area contributed by atoms with E-state index >= 15 is 0 Å². The van der Waals surface area contributed by atoms with Crippen molar-refractivity contribution in [2.24, 2.45) is 0 Å². The SMILES string of the molecule is Cc1ccc(C(=O)C(=O)NCCNC(=O)c2ccco2)cc1. The van der Waals surface area contributed by atoms with Crippen LogP contribution in [0.1, 0.15) is 26.5 Å². The highest BCUT2D eigenvalue weighted by molar-refractivity contribution is 6.42. The fourth-order valence-corrected chi connectivity index (χ4v) is 1.76. The molecule has 114 valence electrons. The van der Waals surface area contributed by atoms with Gasteiger partial charge in [0.05, 0.1) is 6.26 Å². The lowest BCUT2D eigenvalue weighted by Gasteiger charge is -2.06. The number of hydrogen-bond donors (Lipinski definition) is 2. The van der Waals surface area contributed by atoms with Crippen molar-refractivity contribution in [3.8, 4) is 0 Å². The maximum Gasteiger partial charge on any atom is 0.292 e. The van der Waals surface area contributed by atoms with Crippen LogP contribution in [0.5, 0.6) is 0 Å². The quantitative estimate of drug-likeness (QED) is 0.478. The Morgan fingerprint density at radius 2 is 1.68 bits per heavy atom. The molecule has 0 aliphatic rings. The van der Waals surface area contributed by atoms with Crippen molar-refractivity contribution in [2.45, 2.75) is 6.92 Å². The molecule has 0 saturated carbocycles. The van der Waals surface area contributed by atoms with Gasteiger partial charge in [-0.05, 0) is 19.1 Å². The summed E-state index contributed by atoms with van der Waals surface area (Å²) in [5, 5.41) is 5.03. The smallest absolute Gasteiger partial charge is 0.292 e. The second-order valence-corrected chi connectivity index (χ2v) is 4.68. The van der Waals surface area contributed by atoms with Crippen molar-refractivity contribution in [3.05, 3.63) is 59.5 Å². The number of nitrogens with one attached hydrogen (secondary N) is 2. The third-order valence-corrected chi connectivity index (χ3v) is 2.96. The van der Waals surface area contributed by atoms with Gasteiger partial charge in [0.25, 0.3) is 11.8 Å². The van der Waals surface area contributed by atoms with Crippen molar-refractivity contribution in [2.75, 3.05) is 13.1 Å². The first kappa shape index (κ1) is 15.5. The van der Waals surface area contributed by atoms with Crippen LogP contribution in [-0.2, 0) is 4.79 Å². The number of aryl methyl sites for hydroxylation is 1. The van der Waals surface area contributed by atoms with E-state index in [9.17, 15) is 14.4 Å². The molecule has 0 unspecified atom stereocenters. The highest BCUT2D eigenvalue weighted by Crippen LogP contribution is 2.04. The predicted molar refractivity (Wildman–Crippen MR) is 79.6 cm³/mol. The van der Waals surface area contributed by atoms with Crippen LogP contribution in [0.15, 0.2) is 47.1 Å². The number of amides is 2. The van der Waals surface area contributed by atoms with Gasteiger partial charge in [0.2, 0.25) is 5.78 Å². The summed E-state index contributed by atoms with van der Waals surface area (Å²) >= 11 is 0. The lowest BCUT2D eigenvalue weighted by Crippen LogP contribution is -2.37. The minimum atomic E-state index is -0.698. The Morgan fingerprint density at radius 3 is 2.32 bits per heavy atom. The molecule has 2 rings (SSSR count). The summed E-state index contributed by atoms with van der Waals surface area (Å²) in [4.78, 5) is 35.1. The molecule has 2 aromatic rings. The first-order valence-electron chi connectivity index (χ1n) is 6.79. The molecule has 6 heteroatoms. The maximum atomic E-state index is 11.9. The van der Waals surface area contributed by atoms with E-state index in [4.69, 9.17) is 4.42 Å². The van der Waals surface area contributed by atoms with Crippen LogP contribution in [0, 0.1) is 6.92 Å². The zero-order valence-electron chi connectivity index (χ0n) is 12.1. The third-order valence-electron chi connectivity index (χ3n) is 2.96. The minimum Gasteiger partial charge on any atom is -0.459 e. The largest absolute Gasteiger partial charge is 0.459 e. The zero-order valence-corrected chi connectivity index (χ0v) is 12.1. The van der Waals surface area contributed by atoms with Gasteiger partial charge in [-0.15, -0.1) is 0 Å². The Kier molecular flexibility index (Phi) is 5.08. The van der Waals surface area contributed by atoms with Crippen LogP contribution in [0.2, 0.25) is 0 Å². The molecule has 2 N–H and O–H groups in total. The van der Waals surface area contributed by atoms with E-state index < -0.39 is 11.7 Å². The van der Waals surface area contributed by atoms with E-state index in [1.54, 1.807) is 30.3 Å². The lowest BCUT2D eigenvalue weighted by atomic mass is 10.1. The predicted octanol–water partition coefficient (Wildman–Crippen LogP) is 1.32. The van der Waals surface area contributed by atoms with Crippen LogP contribution >= 0.6 is 0 Å². The number of hydrogen-bond acceptors (Lipinski definition) is 4. The molecule has 22 heavy (non-hydrogen) atoms. The molecule has 0 spiro atoms. The molecule has 0 aliphatic heterocycles. The average molecular weight is 300 g/mol. The zero-order chi connectivity index (χ0) is 15.9. The van der Waals surface area contributed by atoms with Crippen molar-refractivity contribution in [3.63, 3.8) is 0 Å². The number of benzene rings is 1. The molecule has 0 atom stereocenters. The number of carbonyl (C=O) groups is 3. The van der Waals surface area contributed by atoms with Crippen LogP contribution < -0.4 is 10.6 Å². The van der Waals surface area contributed by atoms with Crippen LogP contribution in [0.3, 0.4) is 0 Å². The third kappa shape index (κ3) is 4.05.